The lowest BCUT2D eigenvalue weighted by molar-refractivity contribution is 0.0792. The predicted octanol–water partition coefficient (Wildman–Crippen LogP) is 3.03. The first-order valence-corrected chi connectivity index (χ1v) is 9.41. The van der Waals surface area contributed by atoms with Crippen molar-refractivity contribution in [3.8, 4) is 0 Å². The predicted molar refractivity (Wildman–Crippen MR) is 87.5 cm³/mol. The van der Waals surface area contributed by atoms with Gasteiger partial charge in [0.05, 0.1) is 27.9 Å². The van der Waals surface area contributed by atoms with Gasteiger partial charge in [0.25, 0.3) is 5.91 Å². The fourth-order valence-electron chi connectivity index (χ4n) is 1.61. The summed E-state index contributed by atoms with van der Waals surface area (Å²) in [5.74, 6) is -0.159. The number of hydrogen-bond acceptors (Lipinski definition) is 7. The Hall–Kier alpha value is -1.03. The summed E-state index contributed by atoms with van der Waals surface area (Å²) in [7, 11) is 0. The van der Waals surface area contributed by atoms with Crippen LogP contribution in [0.5, 0.6) is 0 Å². The van der Waals surface area contributed by atoms with Gasteiger partial charge in [0, 0.05) is 6.61 Å². The van der Waals surface area contributed by atoms with E-state index in [1.807, 2.05) is 19.4 Å². The monoisotopic (exact) mass is 344 g/mol. The van der Waals surface area contributed by atoms with Crippen molar-refractivity contribution in [1.29, 1.82) is 0 Å². The van der Waals surface area contributed by atoms with Crippen molar-refractivity contribution in [3.63, 3.8) is 0 Å². The minimum Gasteiger partial charge on any atom is -0.360 e. The summed E-state index contributed by atoms with van der Waals surface area (Å²) in [5.41, 5.74) is 1.28. The minimum atomic E-state index is -0.159. The molecule has 0 aliphatic carbocycles. The number of carbonyl (C=O) groups excluding carboxylic acids is 1. The number of aromatic nitrogens is 3. The summed E-state index contributed by atoms with van der Waals surface area (Å²) in [4.78, 5) is 12.4. The Morgan fingerprint density at radius 2 is 2.29 bits per heavy atom. The molecule has 0 bridgehead atoms. The second-order valence-electron chi connectivity index (χ2n) is 3.90. The van der Waals surface area contributed by atoms with Crippen LogP contribution in [0, 0.1) is 0 Å². The van der Waals surface area contributed by atoms with E-state index in [4.69, 9.17) is 4.74 Å². The Balaban J connectivity index is 2.10. The zero-order valence-corrected chi connectivity index (χ0v) is 14.4. The highest BCUT2D eigenvalue weighted by atomic mass is 32.2. The zero-order chi connectivity index (χ0) is 15.2. The lowest BCUT2D eigenvalue weighted by atomic mass is 10.3. The Morgan fingerprint density at radius 3 is 2.95 bits per heavy atom. The average molecular weight is 344 g/mol. The van der Waals surface area contributed by atoms with E-state index in [2.05, 4.69) is 14.8 Å². The van der Waals surface area contributed by atoms with Crippen molar-refractivity contribution in [3.05, 3.63) is 18.0 Å². The molecule has 0 unspecified atom stereocenters. The highest BCUT2D eigenvalue weighted by Gasteiger charge is 2.20. The lowest BCUT2D eigenvalue weighted by Crippen LogP contribution is -2.12. The molecule has 2 heterocycles. The van der Waals surface area contributed by atoms with Gasteiger partial charge >= 0.3 is 0 Å². The van der Waals surface area contributed by atoms with Crippen molar-refractivity contribution in [1.82, 2.24) is 14.2 Å². The first-order valence-electron chi connectivity index (χ1n) is 6.18. The van der Waals surface area contributed by atoms with Crippen LogP contribution < -0.4 is 5.32 Å². The van der Waals surface area contributed by atoms with Crippen molar-refractivity contribution in [2.24, 2.45) is 0 Å². The summed E-state index contributed by atoms with van der Waals surface area (Å²) in [6.07, 6.45) is 7.20. The molecule has 114 valence electrons. The number of hydrogen-bond donors (Lipinski definition) is 1. The molecule has 2 aromatic rings. The maximum atomic E-state index is 12.4. The molecule has 0 spiro atoms. The highest BCUT2D eigenvalue weighted by molar-refractivity contribution is 8.01. The highest BCUT2D eigenvalue weighted by Crippen LogP contribution is 2.33. The van der Waals surface area contributed by atoms with Gasteiger partial charge in [-0.3, -0.25) is 4.79 Å². The van der Waals surface area contributed by atoms with Gasteiger partial charge in [-0.05, 0) is 31.0 Å². The molecule has 0 aromatic carbocycles. The normalized spacial score (nSPS) is 10.8. The molecule has 0 saturated heterocycles. The summed E-state index contributed by atoms with van der Waals surface area (Å²) in [6, 6.07) is 0. The number of anilines is 1. The molecule has 0 radical (unpaired) electrons. The molecular weight excluding hydrogens is 328 g/mol. The number of carbonyl (C=O) groups is 1. The van der Waals surface area contributed by atoms with Crippen LogP contribution >= 0.6 is 35.1 Å². The van der Waals surface area contributed by atoms with Crippen molar-refractivity contribution in [2.45, 2.75) is 22.9 Å². The molecule has 1 N–H and O–H groups in total. The number of nitrogens with one attached hydrogen (secondary N) is 1. The van der Waals surface area contributed by atoms with Gasteiger partial charge in [0.1, 0.15) is 11.8 Å². The van der Waals surface area contributed by atoms with E-state index in [0.717, 1.165) is 9.24 Å². The van der Waals surface area contributed by atoms with Crippen molar-refractivity contribution >= 4 is 46.7 Å². The van der Waals surface area contributed by atoms with Crippen LogP contribution in [0.25, 0.3) is 0 Å². The Kier molecular flexibility index (Phi) is 6.09. The van der Waals surface area contributed by atoms with Crippen LogP contribution in [0.1, 0.15) is 17.3 Å². The van der Waals surface area contributed by atoms with Gasteiger partial charge in [-0.15, -0.1) is 23.5 Å². The van der Waals surface area contributed by atoms with Crippen LogP contribution in [-0.4, -0.2) is 39.2 Å². The largest absolute Gasteiger partial charge is 0.360 e. The van der Waals surface area contributed by atoms with Crippen LogP contribution in [0.2, 0.25) is 0 Å². The van der Waals surface area contributed by atoms with Gasteiger partial charge in [-0.25, -0.2) is 4.68 Å². The van der Waals surface area contributed by atoms with Crippen LogP contribution in [0.15, 0.2) is 21.6 Å². The average Bonchev–Trinajstić information content (AvgIpc) is 3.10. The van der Waals surface area contributed by atoms with Gasteiger partial charge < -0.3 is 10.1 Å². The first-order chi connectivity index (χ1) is 10.2. The molecule has 21 heavy (non-hydrogen) atoms. The molecular formula is C12H16N4O2S3. The van der Waals surface area contributed by atoms with Gasteiger partial charge in [0.15, 0.2) is 0 Å². The van der Waals surface area contributed by atoms with Crippen molar-refractivity contribution < 1.29 is 9.53 Å². The van der Waals surface area contributed by atoms with Crippen LogP contribution in [0.4, 0.5) is 5.69 Å². The zero-order valence-electron chi connectivity index (χ0n) is 12.0. The first kappa shape index (κ1) is 16.3. The number of rotatable bonds is 7. The Morgan fingerprint density at radius 1 is 1.48 bits per heavy atom. The number of thioether (sulfide) groups is 2. The van der Waals surface area contributed by atoms with E-state index in [-0.39, 0.29) is 5.91 Å². The second-order valence-corrected chi connectivity index (χ2v) is 6.55. The maximum Gasteiger partial charge on any atom is 0.260 e. The smallest absolute Gasteiger partial charge is 0.260 e. The third kappa shape index (κ3) is 4.00. The molecule has 0 fully saturated rings. The quantitative estimate of drug-likeness (QED) is 0.779. The SMILES string of the molecule is CCOCn1cc(NC(=O)c2c(SC)nsc2SC)cn1. The third-order valence-corrected chi connectivity index (χ3v) is 5.29. The van der Waals surface area contributed by atoms with E-state index in [1.165, 1.54) is 35.1 Å². The Bertz CT molecular complexity index is 590. The molecule has 6 nitrogen and oxygen atoms in total. The summed E-state index contributed by atoms with van der Waals surface area (Å²) >= 11 is 4.35. The molecule has 1 amide bonds. The summed E-state index contributed by atoms with van der Waals surface area (Å²) in [6.45, 7) is 2.92. The number of nitrogens with zero attached hydrogens (tertiary/aromatic N) is 3. The van der Waals surface area contributed by atoms with E-state index >= 15 is 0 Å². The molecule has 0 saturated carbocycles. The lowest BCUT2D eigenvalue weighted by Gasteiger charge is -2.04. The molecule has 9 heteroatoms. The second kappa shape index (κ2) is 7.83. The van der Waals surface area contributed by atoms with Crippen molar-refractivity contribution in [2.75, 3.05) is 24.4 Å². The van der Waals surface area contributed by atoms with Crippen LogP contribution in [-0.2, 0) is 11.5 Å². The Labute approximate surface area is 135 Å². The van der Waals surface area contributed by atoms with E-state index in [9.17, 15) is 4.79 Å². The fraction of sp³-hybridized carbons (Fsp3) is 0.417. The minimum absolute atomic E-state index is 0.159. The maximum absolute atomic E-state index is 12.4. The summed E-state index contributed by atoms with van der Waals surface area (Å²) < 4.78 is 12.1. The third-order valence-electron chi connectivity index (χ3n) is 2.55. The molecule has 0 atom stereocenters. The van der Waals surface area contributed by atoms with E-state index < -0.39 is 0 Å². The van der Waals surface area contributed by atoms with Gasteiger partial charge in [0.2, 0.25) is 0 Å². The molecule has 2 rings (SSSR count). The van der Waals surface area contributed by atoms with E-state index in [0.29, 0.717) is 24.6 Å². The number of amides is 1. The number of ether oxygens (including phenoxy) is 1. The van der Waals surface area contributed by atoms with Gasteiger partial charge in [-0.1, -0.05) is 0 Å². The van der Waals surface area contributed by atoms with E-state index in [1.54, 1.807) is 17.1 Å². The summed E-state index contributed by atoms with van der Waals surface area (Å²) in [5, 5.41) is 7.73. The van der Waals surface area contributed by atoms with Crippen LogP contribution in [0.3, 0.4) is 0 Å². The molecule has 0 aliphatic heterocycles. The van der Waals surface area contributed by atoms with Gasteiger partial charge in [-0.2, -0.15) is 9.47 Å². The standard InChI is InChI=1S/C12H16N4O2S3/c1-4-18-7-16-6-8(5-13-16)14-10(17)9-11(19-2)15-21-12(9)20-3/h5-6H,4,7H2,1-3H3,(H,14,17). The fourth-order valence-corrected chi connectivity index (χ4v) is 3.89. The molecule has 0 aliphatic rings. The topological polar surface area (TPSA) is 69.0 Å². The molecule has 2 aromatic heterocycles.